The van der Waals surface area contributed by atoms with Crippen molar-refractivity contribution in [3.8, 4) is 11.5 Å². The van der Waals surface area contributed by atoms with Crippen molar-refractivity contribution in [1.82, 2.24) is 10.1 Å². The number of amides is 1. The predicted molar refractivity (Wildman–Crippen MR) is 142 cm³/mol. The second-order valence-electron chi connectivity index (χ2n) is 9.20. The van der Waals surface area contributed by atoms with E-state index in [9.17, 15) is 17.9 Å². The van der Waals surface area contributed by atoms with Crippen LogP contribution in [0.15, 0.2) is 65.2 Å². The molecule has 4 aromatic rings. The molecule has 2 unspecified atom stereocenters. The second-order valence-corrected chi connectivity index (χ2v) is 11.2. The quantitative estimate of drug-likeness (QED) is 0.245. The van der Waals surface area contributed by atoms with Crippen LogP contribution in [0.4, 0.5) is 10.1 Å². The van der Waals surface area contributed by atoms with Crippen molar-refractivity contribution in [2.45, 2.75) is 36.9 Å². The molecule has 3 aromatic carbocycles. The minimum atomic E-state index is -2.22. The van der Waals surface area contributed by atoms with Gasteiger partial charge in [-0.05, 0) is 72.3 Å². The van der Waals surface area contributed by atoms with Crippen molar-refractivity contribution in [1.29, 1.82) is 0 Å². The molecule has 1 amide bonds. The van der Waals surface area contributed by atoms with Crippen LogP contribution in [0.3, 0.4) is 0 Å². The zero-order valence-corrected chi connectivity index (χ0v) is 22.4. The van der Waals surface area contributed by atoms with E-state index >= 15 is 0 Å². The first kappa shape index (κ1) is 26.5. The van der Waals surface area contributed by atoms with Gasteiger partial charge < -0.3 is 14.4 Å². The number of benzene rings is 3. The Hall–Kier alpha value is -3.11. The fourth-order valence-corrected chi connectivity index (χ4v) is 5.61. The molecule has 0 radical (unpaired) electrons. The number of carbonyl (C=O) groups is 1. The van der Waals surface area contributed by atoms with Crippen LogP contribution < -0.4 is 5.32 Å². The summed E-state index contributed by atoms with van der Waals surface area (Å²) in [6.07, 6.45) is 1.49. The largest absolute Gasteiger partial charge is 0.772 e. The zero-order chi connectivity index (χ0) is 27.0. The molecule has 0 spiro atoms. The van der Waals surface area contributed by atoms with Crippen LogP contribution in [0.25, 0.3) is 11.5 Å². The number of nitrogens with one attached hydrogen (secondary N) is 1. The van der Waals surface area contributed by atoms with Gasteiger partial charge in [-0.15, -0.1) is 0 Å². The highest BCUT2D eigenvalue weighted by atomic mass is 35.5. The first-order valence-corrected chi connectivity index (χ1v) is 13.6. The summed E-state index contributed by atoms with van der Waals surface area (Å²) in [6, 6.07) is 16.0. The van der Waals surface area contributed by atoms with E-state index in [1.54, 1.807) is 55.5 Å². The van der Waals surface area contributed by atoms with Gasteiger partial charge in [0.1, 0.15) is 5.82 Å². The van der Waals surface area contributed by atoms with Crippen LogP contribution in [-0.2, 0) is 27.7 Å². The van der Waals surface area contributed by atoms with Gasteiger partial charge in [-0.2, -0.15) is 4.98 Å². The molecule has 2 atom stereocenters. The maximum Gasteiger partial charge on any atom is 0.258 e. The molecule has 1 aliphatic rings. The lowest BCUT2D eigenvalue weighted by molar-refractivity contribution is -0.115. The summed E-state index contributed by atoms with van der Waals surface area (Å²) in [6.45, 7) is 1.59. The van der Waals surface area contributed by atoms with Crippen LogP contribution in [0.1, 0.15) is 47.5 Å². The zero-order valence-electron chi connectivity index (χ0n) is 20.0. The van der Waals surface area contributed by atoms with Crippen LogP contribution in [0, 0.1) is 5.82 Å². The van der Waals surface area contributed by atoms with Gasteiger partial charge in [-0.1, -0.05) is 58.7 Å². The van der Waals surface area contributed by atoms with Gasteiger partial charge in [0.2, 0.25) is 5.91 Å². The van der Waals surface area contributed by atoms with Crippen molar-refractivity contribution in [3.63, 3.8) is 0 Å². The molecule has 1 saturated carbocycles. The molecule has 0 aliphatic heterocycles. The van der Waals surface area contributed by atoms with Crippen molar-refractivity contribution in [2.24, 2.45) is 0 Å². The topological polar surface area (TPSA) is 108 Å². The Kier molecular flexibility index (Phi) is 7.37. The summed E-state index contributed by atoms with van der Waals surface area (Å²) in [7, 11) is 0. The Morgan fingerprint density at radius 3 is 2.45 bits per heavy atom. The van der Waals surface area contributed by atoms with Crippen LogP contribution in [-0.4, -0.2) is 24.8 Å². The average molecular weight is 573 g/mol. The van der Waals surface area contributed by atoms with Crippen molar-refractivity contribution in [3.05, 3.63) is 99.0 Å². The van der Waals surface area contributed by atoms with E-state index in [-0.39, 0.29) is 18.2 Å². The van der Waals surface area contributed by atoms with Gasteiger partial charge in [0, 0.05) is 32.1 Å². The first-order chi connectivity index (χ1) is 18.2. The second kappa shape index (κ2) is 10.6. The minimum Gasteiger partial charge on any atom is -0.772 e. The van der Waals surface area contributed by atoms with Crippen LogP contribution in [0.5, 0.6) is 0 Å². The molecular weight excluding hydrogens is 552 g/mol. The molecule has 1 fully saturated rings. The Morgan fingerprint density at radius 1 is 1.16 bits per heavy atom. The standard InChI is InChI=1S/C27H22Cl2FN3O4S/c1-15(38(35)36)17-7-5-16(6-8-17)11-23(34)31-20-13-21(28)24(22(29)14-20)27(9-10-27)26-32-25(37-33-26)18-3-2-4-19(30)12-18/h2-8,12-15H,9-11H2,1H3,(H,31,34)(H,35,36)/p-1. The predicted octanol–water partition coefficient (Wildman–Crippen LogP) is 6.38. The molecule has 0 saturated heterocycles. The summed E-state index contributed by atoms with van der Waals surface area (Å²) in [5.41, 5.74) is 2.30. The maximum absolute atomic E-state index is 13.6. The van der Waals surface area contributed by atoms with E-state index < -0.39 is 27.6 Å². The Labute approximate surface area is 230 Å². The lowest BCUT2D eigenvalue weighted by atomic mass is 9.94. The number of halogens is 3. The van der Waals surface area contributed by atoms with Gasteiger partial charge in [0.05, 0.1) is 11.8 Å². The Morgan fingerprint density at radius 2 is 1.84 bits per heavy atom. The highest BCUT2D eigenvalue weighted by Gasteiger charge is 2.52. The van der Waals surface area contributed by atoms with E-state index in [1.165, 1.54) is 12.1 Å². The van der Waals surface area contributed by atoms with Crippen molar-refractivity contribution < 1.29 is 22.5 Å². The third kappa shape index (κ3) is 5.37. The number of nitrogens with zero attached hydrogens (tertiary/aromatic N) is 2. The average Bonchev–Trinajstić information content (AvgIpc) is 3.49. The van der Waals surface area contributed by atoms with E-state index in [4.69, 9.17) is 27.7 Å². The molecular formula is C27H21Cl2FN3O4S-. The van der Waals surface area contributed by atoms with Crippen molar-refractivity contribution in [2.75, 3.05) is 5.32 Å². The third-order valence-corrected chi connectivity index (χ3v) is 8.03. The first-order valence-electron chi connectivity index (χ1n) is 11.7. The summed E-state index contributed by atoms with van der Waals surface area (Å²) in [4.78, 5) is 17.1. The highest BCUT2D eigenvalue weighted by Crippen LogP contribution is 2.57. The minimum absolute atomic E-state index is 0.0851. The van der Waals surface area contributed by atoms with E-state index in [0.29, 0.717) is 51.1 Å². The molecule has 1 N–H and O–H groups in total. The smallest absolute Gasteiger partial charge is 0.258 e. The van der Waals surface area contributed by atoms with Crippen molar-refractivity contribution >= 4 is 45.9 Å². The number of carbonyl (C=O) groups excluding carboxylic acids is 1. The Balaban J connectivity index is 1.31. The van der Waals surface area contributed by atoms with E-state index in [2.05, 4.69) is 15.5 Å². The van der Waals surface area contributed by atoms with Gasteiger partial charge in [-0.3, -0.25) is 9.00 Å². The normalized spacial score (nSPS) is 15.6. The molecule has 1 aliphatic carbocycles. The number of hydrogen-bond donors (Lipinski definition) is 1. The van der Waals surface area contributed by atoms with E-state index in [0.717, 1.165) is 5.56 Å². The van der Waals surface area contributed by atoms with Gasteiger partial charge in [0.15, 0.2) is 5.82 Å². The van der Waals surface area contributed by atoms with E-state index in [1.807, 2.05) is 0 Å². The molecule has 7 nitrogen and oxygen atoms in total. The van der Waals surface area contributed by atoms with Gasteiger partial charge >= 0.3 is 0 Å². The summed E-state index contributed by atoms with van der Waals surface area (Å²) >= 11 is 11.1. The summed E-state index contributed by atoms with van der Waals surface area (Å²) in [5.74, 6) is -0.0746. The molecule has 5 rings (SSSR count). The highest BCUT2D eigenvalue weighted by molar-refractivity contribution is 7.79. The number of rotatable bonds is 8. The fourth-order valence-electron chi connectivity index (χ4n) is 4.38. The maximum atomic E-state index is 13.6. The molecule has 11 heteroatoms. The van der Waals surface area contributed by atoms with Crippen LogP contribution >= 0.6 is 23.2 Å². The molecule has 196 valence electrons. The Bertz CT molecular complexity index is 1520. The van der Waals surface area contributed by atoms with Crippen LogP contribution in [0.2, 0.25) is 10.0 Å². The summed E-state index contributed by atoms with van der Waals surface area (Å²) < 4.78 is 41.3. The van der Waals surface area contributed by atoms with Gasteiger partial charge in [0.25, 0.3) is 5.89 Å². The SMILES string of the molecule is CC(c1ccc(CC(=O)Nc2cc(Cl)c(C3(c4noc(-c5cccc(F)c5)n4)CC3)c(Cl)c2)cc1)S(=O)[O-]. The number of aromatic nitrogens is 2. The lowest BCUT2D eigenvalue weighted by Gasteiger charge is -2.17. The fraction of sp³-hybridized carbons (Fsp3) is 0.222. The number of hydrogen-bond acceptors (Lipinski definition) is 6. The summed E-state index contributed by atoms with van der Waals surface area (Å²) in [5, 5.41) is 7.01. The third-order valence-electron chi connectivity index (χ3n) is 6.58. The molecule has 38 heavy (non-hydrogen) atoms. The molecule has 1 aromatic heterocycles. The van der Waals surface area contributed by atoms with Gasteiger partial charge in [-0.25, -0.2) is 4.39 Å². The molecule has 0 bridgehead atoms. The molecule has 1 heterocycles. The number of anilines is 1. The lowest BCUT2D eigenvalue weighted by Crippen LogP contribution is -2.16. The monoisotopic (exact) mass is 572 g/mol.